The van der Waals surface area contributed by atoms with E-state index in [1.165, 1.54) is 21.3 Å². The lowest BCUT2D eigenvalue weighted by molar-refractivity contribution is -0.138. The lowest BCUT2D eigenvalue weighted by Gasteiger charge is -2.18. The van der Waals surface area contributed by atoms with E-state index in [4.69, 9.17) is 25.1 Å². The van der Waals surface area contributed by atoms with Crippen LogP contribution in [0.4, 0.5) is 0 Å². The topological polar surface area (TPSA) is 91.0 Å². The predicted octanol–water partition coefficient (Wildman–Crippen LogP) is 1.43. The Morgan fingerprint density at radius 3 is 2.32 bits per heavy atom. The van der Waals surface area contributed by atoms with Crippen molar-refractivity contribution in [1.29, 1.82) is 0 Å². The van der Waals surface area contributed by atoms with Gasteiger partial charge in [0.15, 0.2) is 11.5 Å². The number of ether oxygens (including phenoxy) is 3. The molecule has 1 unspecified atom stereocenters. The number of rotatable bonds is 6. The number of aliphatic carboxylic acids is 1. The largest absolute Gasteiger partial charge is 0.495 e. The first-order valence-corrected chi connectivity index (χ1v) is 6.21. The number of nitrogens with two attached hydrogens (primary N) is 1. The van der Waals surface area contributed by atoms with Crippen molar-refractivity contribution in [3.63, 3.8) is 0 Å². The van der Waals surface area contributed by atoms with Gasteiger partial charge in [-0.2, -0.15) is 0 Å². The summed E-state index contributed by atoms with van der Waals surface area (Å²) < 4.78 is 16.4. The third kappa shape index (κ3) is 3.30. The number of methoxy groups -OCH3 is 3. The van der Waals surface area contributed by atoms with Crippen LogP contribution in [0.25, 0.3) is 0 Å². The van der Waals surface area contributed by atoms with Gasteiger partial charge < -0.3 is 25.1 Å². The van der Waals surface area contributed by atoms with E-state index in [0.717, 1.165) is 0 Å². The van der Waals surface area contributed by atoms with E-state index >= 15 is 0 Å². The van der Waals surface area contributed by atoms with Gasteiger partial charge in [-0.3, -0.25) is 4.79 Å². The highest BCUT2D eigenvalue weighted by Crippen LogP contribution is 2.43. The number of hydrogen-bond donors (Lipinski definition) is 2. The van der Waals surface area contributed by atoms with Crippen molar-refractivity contribution in [3.05, 3.63) is 16.1 Å². The number of carboxylic acid groups (broad SMARTS) is 1. The number of carbonyl (C=O) groups is 1. The molecule has 0 saturated heterocycles. The summed E-state index contributed by atoms with van der Waals surface area (Å²) in [5, 5.41) is 8.92. The van der Waals surface area contributed by atoms with Gasteiger partial charge in [0.2, 0.25) is 0 Å². The second kappa shape index (κ2) is 6.63. The smallest absolute Gasteiger partial charge is 0.320 e. The van der Waals surface area contributed by atoms with Crippen molar-refractivity contribution < 1.29 is 24.1 Å². The van der Waals surface area contributed by atoms with Gasteiger partial charge in [-0.15, -0.1) is 0 Å². The van der Waals surface area contributed by atoms with Crippen molar-refractivity contribution >= 4 is 21.9 Å². The second-order valence-corrected chi connectivity index (χ2v) is 4.61. The van der Waals surface area contributed by atoms with Crippen LogP contribution in [-0.4, -0.2) is 38.4 Å². The highest BCUT2D eigenvalue weighted by atomic mass is 79.9. The number of halogens is 1. The van der Waals surface area contributed by atoms with Crippen molar-refractivity contribution in [2.45, 2.75) is 12.5 Å². The molecule has 0 aliphatic rings. The van der Waals surface area contributed by atoms with E-state index < -0.39 is 12.0 Å². The molecule has 19 heavy (non-hydrogen) atoms. The molecule has 0 aromatic heterocycles. The molecular weight excluding hydrogens is 318 g/mol. The second-order valence-electron chi connectivity index (χ2n) is 3.75. The Hall–Kier alpha value is -1.47. The maximum Gasteiger partial charge on any atom is 0.320 e. The summed E-state index contributed by atoms with van der Waals surface area (Å²) in [6.45, 7) is 0. The van der Waals surface area contributed by atoms with E-state index in [1.807, 2.05) is 0 Å². The van der Waals surface area contributed by atoms with Crippen LogP contribution in [0.2, 0.25) is 0 Å². The quantitative estimate of drug-likeness (QED) is 0.818. The number of hydrogen-bond acceptors (Lipinski definition) is 5. The van der Waals surface area contributed by atoms with Crippen LogP contribution in [0.1, 0.15) is 5.56 Å². The van der Waals surface area contributed by atoms with Crippen LogP contribution in [-0.2, 0) is 11.2 Å². The molecule has 0 aliphatic heterocycles. The Balaban J connectivity index is 3.38. The zero-order chi connectivity index (χ0) is 14.6. The SMILES string of the molecule is COc1cc(Br)c(OC)c(CC(N)C(=O)O)c1OC. The maximum absolute atomic E-state index is 10.9. The van der Waals surface area contributed by atoms with Crippen LogP contribution < -0.4 is 19.9 Å². The molecular formula is C12H16BrNO5. The number of carboxylic acids is 1. The molecule has 106 valence electrons. The molecule has 0 heterocycles. The van der Waals surface area contributed by atoms with Crippen molar-refractivity contribution in [2.75, 3.05) is 21.3 Å². The first-order valence-electron chi connectivity index (χ1n) is 5.41. The molecule has 1 aromatic rings. The fourth-order valence-corrected chi connectivity index (χ4v) is 2.34. The zero-order valence-electron chi connectivity index (χ0n) is 10.9. The van der Waals surface area contributed by atoms with Gasteiger partial charge in [0.25, 0.3) is 0 Å². The van der Waals surface area contributed by atoms with E-state index in [-0.39, 0.29) is 6.42 Å². The van der Waals surface area contributed by atoms with Gasteiger partial charge in [-0.25, -0.2) is 0 Å². The van der Waals surface area contributed by atoms with Gasteiger partial charge in [0, 0.05) is 18.1 Å². The van der Waals surface area contributed by atoms with E-state index in [9.17, 15) is 4.79 Å². The molecule has 0 bridgehead atoms. The summed E-state index contributed by atoms with van der Waals surface area (Å²) in [5.41, 5.74) is 6.12. The lowest BCUT2D eigenvalue weighted by atomic mass is 10.0. The van der Waals surface area contributed by atoms with Gasteiger partial charge in [0.1, 0.15) is 11.8 Å². The maximum atomic E-state index is 10.9. The highest BCUT2D eigenvalue weighted by Gasteiger charge is 2.23. The molecule has 0 aliphatic carbocycles. The average Bonchev–Trinajstić information content (AvgIpc) is 2.38. The summed E-state index contributed by atoms with van der Waals surface area (Å²) >= 11 is 3.34. The molecule has 1 rings (SSSR count). The van der Waals surface area contributed by atoms with Crippen molar-refractivity contribution in [3.8, 4) is 17.2 Å². The van der Waals surface area contributed by atoms with Crippen LogP contribution in [0.5, 0.6) is 17.2 Å². The lowest BCUT2D eigenvalue weighted by Crippen LogP contribution is -2.32. The fraction of sp³-hybridized carbons (Fsp3) is 0.417. The van der Waals surface area contributed by atoms with Crippen LogP contribution in [0.15, 0.2) is 10.5 Å². The standard InChI is InChI=1S/C12H16BrNO5/c1-17-9-5-7(13)10(18-2)6(11(9)19-3)4-8(14)12(15)16/h5,8H,4,14H2,1-3H3,(H,15,16). The van der Waals surface area contributed by atoms with Crippen LogP contribution >= 0.6 is 15.9 Å². The van der Waals surface area contributed by atoms with Gasteiger partial charge in [-0.1, -0.05) is 0 Å². The molecule has 3 N–H and O–H groups in total. The predicted molar refractivity (Wildman–Crippen MR) is 73.1 cm³/mol. The van der Waals surface area contributed by atoms with Crippen LogP contribution in [0, 0.1) is 0 Å². The average molecular weight is 334 g/mol. The van der Waals surface area contributed by atoms with E-state index in [2.05, 4.69) is 15.9 Å². The van der Waals surface area contributed by atoms with Gasteiger partial charge in [0.05, 0.1) is 25.8 Å². The molecule has 7 heteroatoms. The van der Waals surface area contributed by atoms with Gasteiger partial charge >= 0.3 is 5.97 Å². The zero-order valence-corrected chi connectivity index (χ0v) is 12.5. The normalized spacial score (nSPS) is 11.8. The summed E-state index contributed by atoms with van der Waals surface area (Å²) in [4.78, 5) is 10.9. The molecule has 6 nitrogen and oxygen atoms in total. The monoisotopic (exact) mass is 333 g/mol. The molecule has 0 radical (unpaired) electrons. The number of benzene rings is 1. The fourth-order valence-electron chi connectivity index (χ4n) is 1.73. The summed E-state index contributed by atoms with van der Waals surface area (Å²) in [6, 6.07) is 0.634. The molecule has 1 atom stereocenters. The van der Waals surface area contributed by atoms with Crippen LogP contribution in [0.3, 0.4) is 0 Å². The Kier molecular flexibility index (Phi) is 5.44. The Labute approximate surface area is 119 Å². The van der Waals surface area contributed by atoms with Crippen molar-refractivity contribution in [1.82, 2.24) is 0 Å². The Bertz CT molecular complexity index is 478. The van der Waals surface area contributed by atoms with Crippen molar-refractivity contribution in [2.24, 2.45) is 5.73 Å². The first kappa shape index (κ1) is 15.6. The molecule has 1 aromatic carbocycles. The molecule has 0 fully saturated rings. The summed E-state index contributed by atoms with van der Waals surface area (Å²) in [5.74, 6) is 0.277. The Morgan fingerprint density at radius 2 is 1.89 bits per heavy atom. The first-order chi connectivity index (χ1) is 8.96. The van der Waals surface area contributed by atoms with E-state index in [0.29, 0.717) is 27.3 Å². The van der Waals surface area contributed by atoms with E-state index in [1.54, 1.807) is 6.07 Å². The molecule has 0 saturated carbocycles. The minimum absolute atomic E-state index is 0.0669. The summed E-state index contributed by atoms with van der Waals surface area (Å²) in [6.07, 6.45) is 0.0669. The third-order valence-corrected chi connectivity index (χ3v) is 3.21. The highest BCUT2D eigenvalue weighted by molar-refractivity contribution is 9.10. The Morgan fingerprint density at radius 1 is 1.32 bits per heavy atom. The molecule has 0 spiro atoms. The third-order valence-electron chi connectivity index (χ3n) is 2.62. The minimum Gasteiger partial charge on any atom is -0.495 e. The molecule has 0 amide bonds. The summed E-state index contributed by atoms with van der Waals surface area (Å²) in [7, 11) is 4.46. The van der Waals surface area contributed by atoms with Gasteiger partial charge in [-0.05, 0) is 15.9 Å². The minimum atomic E-state index is -1.09.